The summed E-state index contributed by atoms with van der Waals surface area (Å²) in [7, 11) is 0. The Morgan fingerprint density at radius 1 is 0.754 bits per heavy atom. The van der Waals surface area contributed by atoms with Crippen molar-refractivity contribution in [2.24, 2.45) is 17.4 Å². The number of aliphatic hydroxyl groups is 1. The number of carboxylic acids is 1. The van der Waals surface area contributed by atoms with Crippen molar-refractivity contribution in [3.63, 3.8) is 0 Å². The van der Waals surface area contributed by atoms with Crippen LogP contribution < -0.4 is 43.4 Å². The number of aromatic amines is 1. The molecule has 0 spiro atoms. The van der Waals surface area contributed by atoms with Crippen LogP contribution in [-0.4, -0.2) is 106 Å². The lowest BCUT2D eigenvalue weighted by Gasteiger charge is -2.28. The minimum Gasteiger partial charge on any atom is -0.480 e. The van der Waals surface area contributed by atoms with E-state index in [1.165, 1.54) is 13.8 Å². The number of hydrogen-bond acceptors (Lipinski definition) is 9. The Hall–Kier alpha value is -6.01. The van der Waals surface area contributed by atoms with Crippen LogP contribution in [-0.2, 0) is 41.6 Å². The number of aromatic nitrogens is 1. The summed E-state index contributed by atoms with van der Waals surface area (Å²) in [5.41, 5.74) is 13.8. The van der Waals surface area contributed by atoms with Gasteiger partial charge in [-0.05, 0) is 62.6 Å². The summed E-state index contributed by atoms with van der Waals surface area (Å²) in [6.07, 6.45) is 0.867. The first kappa shape index (κ1) is 45.4. The van der Waals surface area contributed by atoms with E-state index in [-0.39, 0.29) is 50.5 Å². The molecule has 0 radical (unpaired) electrons. The van der Waals surface area contributed by atoms with Gasteiger partial charge >= 0.3 is 5.97 Å². The third-order valence-corrected chi connectivity index (χ3v) is 9.12. The van der Waals surface area contributed by atoms with Crippen molar-refractivity contribution >= 4 is 52.4 Å². The van der Waals surface area contributed by atoms with Crippen molar-refractivity contribution < 1.29 is 39.0 Å². The normalized spacial score (nSPS) is 14.9. The van der Waals surface area contributed by atoms with E-state index in [1.54, 1.807) is 20.0 Å². The van der Waals surface area contributed by atoms with Gasteiger partial charge in [0, 0.05) is 30.1 Å². The summed E-state index contributed by atoms with van der Waals surface area (Å²) in [6.45, 7) is 6.45. The molecule has 1 aromatic heterocycles. The Bertz CT molecular complexity index is 1850. The zero-order valence-electron chi connectivity index (χ0n) is 32.6. The van der Waals surface area contributed by atoms with E-state index >= 15 is 0 Å². The highest BCUT2D eigenvalue weighted by Crippen LogP contribution is 2.19. The van der Waals surface area contributed by atoms with Gasteiger partial charge in [-0.3, -0.25) is 29.4 Å². The number of rotatable bonds is 22. The van der Waals surface area contributed by atoms with Crippen LogP contribution in [0, 0.1) is 11.3 Å². The monoisotopic (exact) mass is 792 g/mol. The van der Waals surface area contributed by atoms with Gasteiger partial charge in [-0.25, -0.2) is 4.79 Å². The number of carbonyl (C=O) groups excluding carboxylic acids is 5. The molecule has 0 unspecified atom stereocenters. The molecule has 0 bridgehead atoms. The number of amides is 5. The quantitative estimate of drug-likeness (QED) is 0.0350. The van der Waals surface area contributed by atoms with E-state index in [9.17, 15) is 39.0 Å². The molecule has 1 heterocycles. The van der Waals surface area contributed by atoms with Gasteiger partial charge in [0.25, 0.3) is 0 Å². The average Bonchev–Trinajstić information content (AvgIpc) is 3.56. The fourth-order valence-electron chi connectivity index (χ4n) is 6.06. The second kappa shape index (κ2) is 21.9. The van der Waals surface area contributed by atoms with Crippen LogP contribution in [0.25, 0.3) is 10.9 Å². The number of benzene rings is 2. The number of aliphatic hydroxyl groups excluding tert-OH is 1. The van der Waals surface area contributed by atoms with Gasteiger partial charge in [0.15, 0.2) is 5.96 Å². The maximum Gasteiger partial charge on any atom is 0.326 e. The van der Waals surface area contributed by atoms with Crippen LogP contribution in [0.3, 0.4) is 0 Å². The van der Waals surface area contributed by atoms with Gasteiger partial charge in [-0.2, -0.15) is 0 Å². The molecule has 14 N–H and O–H groups in total. The highest BCUT2D eigenvalue weighted by Gasteiger charge is 2.34. The Morgan fingerprint density at radius 2 is 1.37 bits per heavy atom. The number of guanidine groups is 1. The minimum atomic E-state index is -1.57. The van der Waals surface area contributed by atoms with E-state index in [0.29, 0.717) is 5.56 Å². The molecule has 57 heavy (non-hydrogen) atoms. The number of fused-ring (bicyclic) bond motifs is 1. The predicted molar refractivity (Wildman–Crippen MR) is 213 cm³/mol. The smallest absolute Gasteiger partial charge is 0.326 e. The molecule has 0 aliphatic heterocycles. The van der Waals surface area contributed by atoms with E-state index in [4.69, 9.17) is 16.9 Å². The van der Waals surface area contributed by atoms with Gasteiger partial charge < -0.3 is 58.6 Å². The maximum absolute atomic E-state index is 14.0. The predicted octanol–water partition coefficient (Wildman–Crippen LogP) is -0.501. The maximum atomic E-state index is 14.0. The minimum absolute atomic E-state index is 0.00413. The summed E-state index contributed by atoms with van der Waals surface area (Å²) in [5.74, 6) is -5.55. The topological polar surface area (TPSA) is 307 Å². The number of nitrogens with one attached hydrogen (secondary N) is 8. The molecular formula is C39H56N10O8. The molecule has 2 aromatic carbocycles. The molecule has 18 heteroatoms. The highest BCUT2D eigenvalue weighted by atomic mass is 16.4. The summed E-state index contributed by atoms with van der Waals surface area (Å²) < 4.78 is 0. The van der Waals surface area contributed by atoms with Crippen molar-refractivity contribution in [1.82, 2.24) is 36.9 Å². The average molecular weight is 793 g/mol. The van der Waals surface area contributed by atoms with E-state index in [2.05, 4.69) is 36.9 Å². The first-order chi connectivity index (χ1) is 27.0. The van der Waals surface area contributed by atoms with E-state index in [0.717, 1.165) is 16.5 Å². The van der Waals surface area contributed by atoms with Crippen molar-refractivity contribution in [3.8, 4) is 0 Å². The number of aliphatic carboxylic acids is 1. The lowest BCUT2D eigenvalue weighted by molar-refractivity contribution is -0.142. The van der Waals surface area contributed by atoms with E-state index in [1.807, 2.05) is 54.6 Å². The summed E-state index contributed by atoms with van der Waals surface area (Å²) in [6, 6.07) is 8.99. The summed E-state index contributed by atoms with van der Waals surface area (Å²) >= 11 is 0. The van der Waals surface area contributed by atoms with Crippen LogP contribution in [0.2, 0.25) is 0 Å². The summed E-state index contributed by atoms with van der Waals surface area (Å²) in [4.78, 5) is 82.3. The standard InChI is InChI=1S/C39H56N10O8/c1-21(2)17-30(35(53)45-22(3)33(51)46-29(38(56)57)15-10-16-43-39(41)42)48-37(55)32(23(4)50)49-36(54)31(19-25-20-44-28-14-9-8-13-26(25)28)47-34(52)27(40)18-24-11-6-5-7-12-24/h5-9,11-14,20-23,27,29-32,44,50H,10,15-19,40H2,1-4H3,(H,45,53)(H,46,51)(H,47,52)(H,48,55)(H,49,54)(H,56,57)(H4,41,42,43)/t22-,23+,27-,29-,30-,31-,32-/m0/s1. The second-order valence-corrected chi connectivity index (χ2v) is 14.5. The van der Waals surface area contributed by atoms with Gasteiger partial charge in [-0.15, -0.1) is 0 Å². The van der Waals surface area contributed by atoms with Gasteiger partial charge in [-0.1, -0.05) is 62.4 Å². The number of H-pyrrole nitrogens is 1. The molecule has 0 saturated heterocycles. The number of nitrogens with two attached hydrogens (primary N) is 2. The van der Waals surface area contributed by atoms with Crippen LogP contribution in [0.1, 0.15) is 58.1 Å². The molecule has 3 aromatic rings. The molecule has 0 saturated carbocycles. The molecule has 0 fully saturated rings. The van der Waals surface area contributed by atoms with Crippen molar-refractivity contribution in [1.29, 1.82) is 5.41 Å². The SMILES string of the molecule is CC(C)C[C@H](NC(=O)[C@@H](NC(=O)[C@H](Cc1c[nH]c2ccccc12)NC(=O)[C@@H](N)Cc1ccccc1)[C@@H](C)O)C(=O)N[C@@H](C)C(=O)N[C@@H](CCCNC(=N)N)C(=O)O. The molecule has 310 valence electrons. The van der Waals surface area contributed by atoms with Crippen molar-refractivity contribution in [2.45, 2.75) is 102 Å². The molecule has 0 aliphatic rings. The van der Waals surface area contributed by atoms with Crippen LogP contribution in [0.4, 0.5) is 0 Å². The lowest BCUT2D eigenvalue weighted by Crippen LogP contribution is -2.61. The Balaban J connectivity index is 1.75. The molecule has 7 atom stereocenters. The highest BCUT2D eigenvalue weighted by molar-refractivity contribution is 5.97. The zero-order valence-corrected chi connectivity index (χ0v) is 32.6. The number of hydrogen-bond donors (Lipinski definition) is 12. The fraction of sp³-hybridized carbons (Fsp3) is 0.462. The lowest BCUT2D eigenvalue weighted by atomic mass is 10.0. The molecular weight excluding hydrogens is 736 g/mol. The molecule has 5 amide bonds. The Kier molecular flexibility index (Phi) is 17.4. The van der Waals surface area contributed by atoms with Crippen LogP contribution >= 0.6 is 0 Å². The van der Waals surface area contributed by atoms with Gasteiger partial charge in [0.1, 0.15) is 30.2 Å². The van der Waals surface area contributed by atoms with Crippen LogP contribution in [0.5, 0.6) is 0 Å². The zero-order chi connectivity index (χ0) is 42.2. The first-order valence-electron chi connectivity index (χ1n) is 18.8. The van der Waals surface area contributed by atoms with E-state index < -0.39 is 77.9 Å². The van der Waals surface area contributed by atoms with Crippen molar-refractivity contribution in [3.05, 3.63) is 71.9 Å². The van der Waals surface area contributed by atoms with Gasteiger partial charge in [0.2, 0.25) is 29.5 Å². The Morgan fingerprint density at radius 3 is 2.00 bits per heavy atom. The van der Waals surface area contributed by atoms with Crippen LogP contribution in [0.15, 0.2) is 60.8 Å². The third-order valence-electron chi connectivity index (χ3n) is 9.12. The third kappa shape index (κ3) is 14.5. The molecule has 3 rings (SSSR count). The molecule has 18 nitrogen and oxygen atoms in total. The molecule has 0 aliphatic carbocycles. The summed E-state index contributed by atoms with van der Waals surface area (Å²) in [5, 5.41) is 43.6. The number of carboxylic acid groups (broad SMARTS) is 1. The Labute approximate surface area is 331 Å². The number of carbonyl (C=O) groups is 6. The number of para-hydroxylation sites is 1. The largest absolute Gasteiger partial charge is 0.480 e. The van der Waals surface area contributed by atoms with Crippen molar-refractivity contribution in [2.75, 3.05) is 6.54 Å². The first-order valence-corrected chi connectivity index (χ1v) is 18.8. The second-order valence-electron chi connectivity index (χ2n) is 14.5. The van der Waals surface area contributed by atoms with Gasteiger partial charge in [0.05, 0.1) is 12.1 Å². The fourth-order valence-corrected chi connectivity index (χ4v) is 6.06.